The van der Waals surface area contributed by atoms with Crippen LogP contribution in [0.5, 0.6) is 0 Å². The highest BCUT2D eigenvalue weighted by Gasteiger charge is 2.12. The predicted molar refractivity (Wildman–Crippen MR) is 108 cm³/mol. The van der Waals surface area contributed by atoms with E-state index >= 15 is 0 Å². The number of benzene rings is 2. The summed E-state index contributed by atoms with van der Waals surface area (Å²) in [6, 6.07) is 15.9. The highest BCUT2D eigenvalue weighted by molar-refractivity contribution is 7.17. The maximum atomic E-state index is 12.6. The number of nitro benzene ring substituents is 1. The lowest BCUT2D eigenvalue weighted by atomic mass is 10.1. The van der Waals surface area contributed by atoms with Crippen molar-refractivity contribution in [3.63, 3.8) is 0 Å². The molecule has 0 spiro atoms. The van der Waals surface area contributed by atoms with Crippen molar-refractivity contribution in [2.24, 2.45) is 0 Å². The highest BCUT2D eigenvalue weighted by Crippen LogP contribution is 2.30. The molecule has 2 aromatic heterocycles. The molecule has 6 nitrogen and oxygen atoms in total. The molecule has 0 aliphatic rings. The van der Waals surface area contributed by atoms with Crippen LogP contribution in [0.15, 0.2) is 64.8 Å². The summed E-state index contributed by atoms with van der Waals surface area (Å²) >= 11 is 1.42. The van der Waals surface area contributed by atoms with Gasteiger partial charge in [0.15, 0.2) is 0 Å². The molecule has 7 heteroatoms. The molecule has 0 radical (unpaired) electrons. The number of H-pyrrole nitrogens is 1. The Morgan fingerprint density at radius 2 is 1.78 bits per heavy atom. The molecule has 0 amide bonds. The van der Waals surface area contributed by atoms with Crippen molar-refractivity contribution in [2.45, 2.75) is 0 Å². The number of aromatic amines is 1. The van der Waals surface area contributed by atoms with Gasteiger partial charge in [-0.1, -0.05) is 36.4 Å². The summed E-state index contributed by atoms with van der Waals surface area (Å²) in [6.07, 6.45) is 3.43. The summed E-state index contributed by atoms with van der Waals surface area (Å²) in [5, 5.41) is 13.2. The minimum atomic E-state index is -0.443. The Bertz CT molecular complexity index is 1210. The van der Waals surface area contributed by atoms with Gasteiger partial charge in [-0.3, -0.25) is 14.9 Å². The summed E-state index contributed by atoms with van der Waals surface area (Å²) < 4.78 is 0. The molecule has 2 aromatic carbocycles. The van der Waals surface area contributed by atoms with Gasteiger partial charge in [0.25, 0.3) is 11.2 Å². The first-order valence-corrected chi connectivity index (χ1v) is 8.99. The molecule has 27 heavy (non-hydrogen) atoms. The smallest absolute Gasteiger partial charge is 0.269 e. The maximum absolute atomic E-state index is 12.6. The van der Waals surface area contributed by atoms with Crippen LogP contribution in [-0.4, -0.2) is 14.9 Å². The second-order valence-electron chi connectivity index (χ2n) is 5.83. The van der Waals surface area contributed by atoms with Gasteiger partial charge in [0, 0.05) is 23.1 Å². The summed E-state index contributed by atoms with van der Waals surface area (Å²) in [5.41, 5.74) is 2.47. The van der Waals surface area contributed by atoms with E-state index in [0.717, 1.165) is 16.7 Å². The Morgan fingerprint density at radius 1 is 1.04 bits per heavy atom. The molecule has 0 atom stereocenters. The van der Waals surface area contributed by atoms with E-state index in [1.165, 1.54) is 23.5 Å². The Kier molecular flexibility index (Phi) is 4.35. The van der Waals surface area contributed by atoms with E-state index in [0.29, 0.717) is 16.0 Å². The zero-order chi connectivity index (χ0) is 18.8. The van der Waals surface area contributed by atoms with Gasteiger partial charge in [0.05, 0.1) is 10.3 Å². The van der Waals surface area contributed by atoms with Crippen molar-refractivity contribution in [1.29, 1.82) is 0 Å². The van der Waals surface area contributed by atoms with Crippen LogP contribution in [0.2, 0.25) is 0 Å². The van der Waals surface area contributed by atoms with Crippen molar-refractivity contribution in [3.8, 4) is 11.1 Å². The second kappa shape index (κ2) is 6.97. The second-order valence-corrected chi connectivity index (χ2v) is 6.69. The lowest BCUT2D eigenvalue weighted by Gasteiger charge is -1.99. The molecule has 1 N–H and O–H groups in total. The maximum Gasteiger partial charge on any atom is 0.269 e. The average Bonchev–Trinajstić information content (AvgIpc) is 3.12. The van der Waals surface area contributed by atoms with E-state index < -0.39 is 4.92 Å². The number of non-ortho nitro benzene ring substituents is 1. The van der Waals surface area contributed by atoms with E-state index in [9.17, 15) is 14.9 Å². The van der Waals surface area contributed by atoms with Crippen molar-refractivity contribution in [2.75, 3.05) is 0 Å². The summed E-state index contributed by atoms with van der Waals surface area (Å²) in [6.45, 7) is 0. The molecule has 0 unspecified atom stereocenters. The summed E-state index contributed by atoms with van der Waals surface area (Å²) in [7, 11) is 0. The van der Waals surface area contributed by atoms with Crippen LogP contribution in [-0.2, 0) is 0 Å². The Hall–Kier alpha value is -3.58. The number of hydrogen-bond donors (Lipinski definition) is 1. The van der Waals surface area contributed by atoms with Crippen molar-refractivity contribution in [3.05, 3.63) is 91.8 Å². The molecular weight excluding hydrogens is 362 g/mol. The zero-order valence-corrected chi connectivity index (χ0v) is 14.8. The van der Waals surface area contributed by atoms with E-state index in [4.69, 9.17) is 0 Å². The van der Waals surface area contributed by atoms with Crippen LogP contribution in [0.1, 0.15) is 11.4 Å². The van der Waals surface area contributed by atoms with Crippen LogP contribution in [0.3, 0.4) is 0 Å². The lowest BCUT2D eigenvalue weighted by Crippen LogP contribution is -2.09. The van der Waals surface area contributed by atoms with Crippen LogP contribution in [0.25, 0.3) is 33.5 Å². The molecule has 0 saturated carbocycles. The quantitative estimate of drug-likeness (QED) is 0.412. The van der Waals surface area contributed by atoms with Gasteiger partial charge < -0.3 is 4.98 Å². The van der Waals surface area contributed by atoms with Gasteiger partial charge in [-0.25, -0.2) is 4.98 Å². The zero-order valence-electron chi connectivity index (χ0n) is 14.0. The molecule has 0 aliphatic carbocycles. The number of fused-ring (bicyclic) bond motifs is 1. The fourth-order valence-corrected chi connectivity index (χ4v) is 3.71. The Balaban J connectivity index is 1.68. The molecule has 0 bridgehead atoms. The summed E-state index contributed by atoms with van der Waals surface area (Å²) in [4.78, 5) is 30.8. The minimum absolute atomic E-state index is 0.0344. The van der Waals surface area contributed by atoms with Crippen LogP contribution < -0.4 is 5.56 Å². The van der Waals surface area contributed by atoms with E-state index in [1.54, 1.807) is 24.3 Å². The van der Waals surface area contributed by atoms with Gasteiger partial charge in [0.1, 0.15) is 10.7 Å². The molecule has 0 saturated heterocycles. The van der Waals surface area contributed by atoms with Gasteiger partial charge in [-0.05, 0) is 29.3 Å². The van der Waals surface area contributed by atoms with Crippen LogP contribution in [0, 0.1) is 10.1 Å². The average molecular weight is 375 g/mol. The number of aromatic nitrogens is 2. The minimum Gasteiger partial charge on any atom is -0.306 e. The van der Waals surface area contributed by atoms with Gasteiger partial charge >= 0.3 is 0 Å². The molecular formula is C20H13N3O3S. The first-order chi connectivity index (χ1) is 13.1. The number of nitro groups is 1. The monoisotopic (exact) mass is 375 g/mol. The Labute approximate surface area is 157 Å². The number of rotatable bonds is 4. The first-order valence-electron chi connectivity index (χ1n) is 8.11. The molecule has 2 heterocycles. The standard InChI is InChI=1S/C20H13N3O3S/c24-19-18-16(14-4-2-1-3-5-14)12-27-20(18)22-17(21-19)11-8-13-6-9-15(10-7-13)23(25)26/h1-12H,(H,21,22,24)/b11-8+. The van der Waals surface area contributed by atoms with E-state index in [2.05, 4.69) is 9.97 Å². The van der Waals surface area contributed by atoms with E-state index in [-0.39, 0.29) is 11.2 Å². The van der Waals surface area contributed by atoms with Crippen LogP contribution >= 0.6 is 11.3 Å². The Morgan fingerprint density at radius 3 is 2.48 bits per heavy atom. The molecule has 132 valence electrons. The number of thiophene rings is 1. The predicted octanol–water partition coefficient (Wildman–Crippen LogP) is 4.73. The van der Waals surface area contributed by atoms with Crippen molar-refractivity contribution < 1.29 is 4.92 Å². The SMILES string of the molecule is O=c1[nH]c(/C=C/c2ccc([N+](=O)[O-])cc2)nc2scc(-c3ccccc3)c12. The molecule has 4 aromatic rings. The first kappa shape index (κ1) is 16.9. The van der Waals surface area contributed by atoms with Crippen molar-refractivity contribution >= 4 is 39.4 Å². The number of hydrogen-bond acceptors (Lipinski definition) is 5. The lowest BCUT2D eigenvalue weighted by molar-refractivity contribution is -0.384. The molecule has 0 aliphatic heterocycles. The molecule has 4 rings (SSSR count). The third-order valence-corrected chi connectivity index (χ3v) is 4.96. The largest absolute Gasteiger partial charge is 0.306 e. The highest BCUT2D eigenvalue weighted by atomic mass is 32.1. The van der Waals surface area contributed by atoms with E-state index in [1.807, 2.05) is 35.7 Å². The summed E-state index contributed by atoms with van der Waals surface area (Å²) in [5.74, 6) is 0.437. The van der Waals surface area contributed by atoms with Crippen LogP contribution in [0.4, 0.5) is 5.69 Å². The number of nitrogens with zero attached hydrogens (tertiary/aromatic N) is 2. The van der Waals surface area contributed by atoms with Gasteiger partial charge in [-0.2, -0.15) is 0 Å². The van der Waals surface area contributed by atoms with Gasteiger partial charge in [0.2, 0.25) is 0 Å². The topological polar surface area (TPSA) is 88.9 Å². The van der Waals surface area contributed by atoms with Gasteiger partial charge in [-0.15, -0.1) is 11.3 Å². The number of nitrogens with one attached hydrogen (secondary N) is 1. The molecule has 0 fully saturated rings. The third kappa shape index (κ3) is 3.40. The normalized spacial score (nSPS) is 11.3. The third-order valence-electron chi connectivity index (χ3n) is 4.08. The van der Waals surface area contributed by atoms with Crippen molar-refractivity contribution in [1.82, 2.24) is 9.97 Å². The fraction of sp³-hybridized carbons (Fsp3) is 0. The fourth-order valence-electron chi connectivity index (χ4n) is 2.76.